The van der Waals surface area contributed by atoms with Crippen molar-refractivity contribution in [2.75, 3.05) is 13.7 Å². The Kier molecular flexibility index (Phi) is 4.59. The van der Waals surface area contributed by atoms with Gasteiger partial charge >= 0.3 is 5.97 Å². The minimum atomic E-state index is -0.104. The number of carbonyl (C=O) groups is 1. The molecular formula is C18H25NO2. The molecule has 0 radical (unpaired) electrons. The van der Waals surface area contributed by atoms with Crippen LogP contribution in [0.15, 0.2) is 24.3 Å². The lowest BCUT2D eigenvalue weighted by Gasteiger charge is -2.23. The van der Waals surface area contributed by atoms with Gasteiger partial charge in [0.2, 0.25) is 0 Å². The predicted octanol–water partition coefficient (Wildman–Crippen LogP) is 2.72. The third-order valence-electron chi connectivity index (χ3n) is 5.17. The summed E-state index contributed by atoms with van der Waals surface area (Å²) in [5.74, 6) is 1.42. The topological polar surface area (TPSA) is 38.3 Å². The van der Waals surface area contributed by atoms with E-state index in [0.29, 0.717) is 12.5 Å². The Balaban J connectivity index is 1.57. The summed E-state index contributed by atoms with van der Waals surface area (Å²) in [5.41, 5.74) is 3.09. The SMILES string of the molecule is COC(=O)CCCNC1C2CCC1Cc1ccccc1C2. The lowest BCUT2D eigenvalue weighted by molar-refractivity contribution is -0.140. The van der Waals surface area contributed by atoms with E-state index in [9.17, 15) is 4.79 Å². The van der Waals surface area contributed by atoms with Gasteiger partial charge in [-0.2, -0.15) is 0 Å². The van der Waals surface area contributed by atoms with Gasteiger partial charge in [0.25, 0.3) is 0 Å². The standard InChI is InChI=1S/C18H25NO2/c1-21-17(20)7-4-10-19-18-15-8-9-16(18)12-14-6-3-2-5-13(14)11-15/h2-3,5-6,15-16,18-19H,4,7-12H2,1H3. The van der Waals surface area contributed by atoms with Crippen LogP contribution in [0.25, 0.3) is 0 Å². The van der Waals surface area contributed by atoms with Crippen molar-refractivity contribution in [1.82, 2.24) is 5.32 Å². The maximum Gasteiger partial charge on any atom is 0.305 e. The number of methoxy groups -OCH3 is 1. The third-order valence-corrected chi connectivity index (χ3v) is 5.17. The van der Waals surface area contributed by atoms with E-state index in [1.165, 1.54) is 32.8 Å². The van der Waals surface area contributed by atoms with Crippen LogP contribution >= 0.6 is 0 Å². The van der Waals surface area contributed by atoms with Crippen molar-refractivity contribution < 1.29 is 9.53 Å². The molecule has 1 fully saturated rings. The van der Waals surface area contributed by atoms with Gasteiger partial charge in [-0.1, -0.05) is 24.3 Å². The number of ether oxygens (including phenoxy) is 1. The lowest BCUT2D eigenvalue weighted by atomic mass is 9.94. The van der Waals surface area contributed by atoms with E-state index in [4.69, 9.17) is 4.74 Å². The fraction of sp³-hybridized carbons (Fsp3) is 0.611. The van der Waals surface area contributed by atoms with Gasteiger partial charge in [-0.25, -0.2) is 0 Å². The molecule has 1 N–H and O–H groups in total. The van der Waals surface area contributed by atoms with Crippen LogP contribution in [0.5, 0.6) is 0 Å². The first-order valence-corrected chi connectivity index (χ1v) is 8.15. The van der Waals surface area contributed by atoms with Crippen molar-refractivity contribution in [1.29, 1.82) is 0 Å². The number of rotatable bonds is 5. The van der Waals surface area contributed by atoms with Gasteiger partial charge in [-0.15, -0.1) is 0 Å². The molecule has 1 saturated carbocycles. The minimum absolute atomic E-state index is 0.104. The second kappa shape index (κ2) is 6.61. The van der Waals surface area contributed by atoms with Gasteiger partial charge in [0.05, 0.1) is 7.11 Å². The molecule has 3 rings (SSSR count). The van der Waals surface area contributed by atoms with Gasteiger partial charge in [-0.3, -0.25) is 4.79 Å². The Morgan fingerprint density at radius 3 is 2.38 bits per heavy atom. The molecule has 2 aliphatic carbocycles. The molecule has 0 amide bonds. The van der Waals surface area contributed by atoms with E-state index < -0.39 is 0 Å². The molecule has 2 unspecified atom stereocenters. The van der Waals surface area contributed by atoms with Gasteiger partial charge in [0.15, 0.2) is 0 Å². The van der Waals surface area contributed by atoms with Crippen molar-refractivity contribution in [3.63, 3.8) is 0 Å². The van der Waals surface area contributed by atoms with Crippen LogP contribution in [0.2, 0.25) is 0 Å². The van der Waals surface area contributed by atoms with Crippen molar-refractivity contribution in [3.8, 4) is 0 Å². The number of benzene rings is 1. The maximum absolute atomic E-state index is 11.2. The predicted molar refractivity (Wildman–Crippen MR) is 83.1 cm³/mol. The zero-order valence-corrected chi connectivity index (χ0v) is 12.8. The molecule has 3 nitrogen and oxygen atoms in total. The fourth-order valence-corrected chi connectivity index (χ4v) is 4.09. The maximum atomic E-state index is 11.2. The summed E-state index contributed by atoms with van der Waals surface area (Å²) in [6, 6.07) is 9.54. The van der Waals surface area contributed by atoms with Gasteiger partial charge < -0.3 is 10.1 Å². The van der Waals surface area contributed by atoms with E-state index in [-0.39, 0.29) is 5.97 Å². The number of hydrogen-bond acceptors (Lipinski definition) is 3. The highest BCUT2D eigenvalue weighted by Crippen LogP contribution is 2.39. The van der Waals surface area contributed by atoms with Crippen molar-refractivity contribution in [3.05, 3.63) is 35.4 Å². The third kappa shape index (κ3) is 3.29. The quantitative estimate of drug-likeness (QED) is 0.668. The average molecular weight is 287 g/mol. The molecule has 1 aromatic rings. The summed E-state index contributed by atoms with van der Waals surface area (Å²) in [4.78, 5) is 11.2. The summed E-state index contributed by atoms with van der Waals surface area (Å²) < 4.78 is 4.69. The molecule has 3 heteroatoms. The minimum Gasteiger partial charge on any atom is -0.469 e. The Morgan fingerprint density at radius 1 is 1.19 bits per heavy atom. The van der Waals surface area contributed by atoms with E-state index in [2.05, 4.69) is 29.6 Å². The molecule has 0 aliphatic heterocycles. The molecule has 0 aromatic heterocycles. The molecule has 114 valence electrons. The summed E-state index contributed by atoms with van der Waals surface area (Å²) >= 11 is 0. The van der Waals surface area contributed by atoms with Crippen molar-refractivity contribution in [2.24, 2.45) is 11.8 Å². The smallest absolute Gasteiger partial charge is 0.305 e. The number of fused-ring (bicyclic) bond motifs is 3. The van der Waals surface area contributed by atoms with Gasteiger partial charge in [-0.05, 0) is 61.6 Å². The van der Waals surface area contributed by atoms with Crippen molar-refractivity contribution in [2.45, 2.75) is 44.6 Å². The molecular weight excluding hydrogens is 262 g/mol. The van der Waals surface area contributed by atoms with Crippen LogP contribution < -0.4 is 5.32 Å². The Hall–Kier alpha value is -1.35. The zero-order chi connectivity index (χ0) is 14.7. The molecule has 0 saturated heterocycles. The summed E-state index contributed by atoms with van der Waals surface area (Å²) in [6.45, 7) is 0.920. The molecule has 1 aromatic carbocycles. The summed E-state index contributed by atoms with van der Waals surface area (Å²) in [6.07, 6.45) is 6.49. The molecule has 21 heavy (non-hydrogen) atoms. The Labute approximate surface area is 127 Å². The molecule has 0 heterocycles. The normalized spacial score (nSPS) is 27.0. The first kappa shape index (κ1) is 14.6. The molecule has 0 spiro atoms. The first-order valence-electron chi connectivity index (χ1n) is 8.15. The first-order chi connectivity index (χ1) is 10.3. The summed E-state index contributed by atoms with van der Waals surface area (Å²) in [7, 11) is 1.46. The highest BCUT2D eigenvalue weighted by Gasteiger charge is 2.38. The number of carbonyl (C=O) groups excluding carboxylic acids is 1. The monoisotopic (exact) mass is 287 g/mol. The van der Waals surface area contributed by atoms with Crippen LogP contribution in [0.4, 0.5) is 0 Å². The van der Waals surface area contributed by atoms with E-state index in [1.807, 2.05) is 0 Å². The van der Waals surface area contributed by atoms with Crippen LogP contribution in [-0.4, -0.2) is 25.7 Å². The van der Waals surface area contributed by atoms with Crippen LogP contribution in [0.1, 0.15) is 36.8 Å². The van der Waals surface area contributed by atoms with Crippen LogP contribution in [0, 0.1) is 11.8 Å². The van der Waals surface area contributed by atoms with E-state index in [1.54, 1.807) is 11.1 Å². The Morgan fingerprint density at radius 2 is 1.81 bits per heavy atom. The zero-order valence-electron chi connectivity index (χ0n) is 12.8. The average Bonchev–Trinajstić information content (AvgIpc) is 2.77. The molecule has 2 aliphatic rings. The Bertz CT molecular complexity index is 467. The van der Waals surface area contributed by atoms with Crippen molar-refractivity contribution >= 4 is 5.97 Å². The molecule has 2 bridgehead atoms. The second-order valence-electron chi connectivity index (χ2n) is 6.43. The van der Waals surface area contributed by atoms with E-state index >= 15 is 0 Å². The van der Waals surface area contributed by atoms with E-state index in [0.717, 1.165) is 24.8 Å². The van der Waals surface area contributed by atoms with Gasteiger partial charge in [0.1, 0.15) is 0 Å². The number of hydrogen-bond donors (Lipinski definition) is 1. The van der Waals surface area contributed by atoms with Crippen LogP contribution in [0.3, 0.4) is 0 Å². The fourth-order valence-electron chi connectivity index (χ4n) is 4.09. The van der Waals surface area contributed by atoms with Gasteiger partial charge in [0, 0.05) is 12.5 Å². The van der Waals surface area contributed by atoms with Crippen LogP contribution in [-0.2, 0) is 22.4 Å². The number of esters is 1. The highest BCUT2D eigenvalue weighted by molar-refractivity contribution is 5.69. The largest absolute Gasteiger partial charge is 0.469 e. The highest BCUT2D eigenvalue weighted by atomic mass is 16.5. The lowest BCUT2D eigenvalue weighted by Crippen LogP contribution is -2.38. The second-order valence-corrected chi connectivity index (χ2v) is 6.43. The number of nitrogens with one attached hydrogen (secondary N) is 1. The molecule has 2 atom stereocenters. The summed E-state index contributed by atoms with van der Waals surface area (Å²) in [5, 5.41) is 3.73.